The van der Waals surface area contributed by atoms with Gasteiger partial charge in [0.05, 0.1) is 10.0 Å². The fourth-order valence-electron chi connectivity index (χ4n) is 6.61. The monoisotopic (exact) mass is 608 g/mol. The zero-order chi connectivity index (χ0) is 30.4. The minimum absolute atomic E-state index is 0.0571. The first-order chi connectivity index (χ1) is 19.8. The molecule has 5 rings (SSSR count). The number of nitrogens with zero attached hydrogens (tertiary/aromatic N) is 1. The molecule has 2 aliphatic carbocycles. The van der Waals surface area contributed by atoms with E-state index in [2.05, 4.69) is 44.8 Å². The third-order valence-corrected chi connectivity index (χ3v) is 8.79. The van der Waals surface area contributed by atoms with Crippen LogP contribution in [0.2, 0.25) is 10.0 Å². The number of Topliss-reactive ketones (excluding diaryl/α,β-unsaturated/α-hetero) is 2. The number of halogens is 2. The van der Waals surface area contributed by atoms with Crippen molar-refractivity contribution in [3.63, 3.8) is 0 Å². The van der Waals surface area contributed by atoms with Gasteiger partial charge in [-0.05, 0) is 59.9 Å². The molecule has 222 valence electrons. The number of anilines is 1. The summed E-state index contributed by atoms with van der Waals surface area (Å²) >= 11 is 13.5. The molecular formula is C34H38Cl2N2O4. The Kier molecular flexibility index (Phi) is 8.34. The molecule has 42 heavy (non-hydrogen) atoms. The number of allylic oxidation sites excluding steroid dienone is 4. The quantitative estimate of drug-likeness (QED) is 0.343. The van der Waals surface area contributed by atoms with Gasteiger partial charge in [0.1, 0.15) is 0 Å². The SMILES string of the molecule is CCCN1C2=C(C(=O)CC(C)(C)C2)C(c2cc(Cl)c(OCC(=O)Nc3ccccc3)c(Cl)c2)C2=C1CC(C)(C)CC2=O. The summed E-state index contributed by atoms with van der Waals surface area (Å²) in [4.78, 5) is 42.5. The third-order valence-electron chi connectivity index (χ3n) is 8.23. The van der Waals surface area contributed by atoms with Crippen molar-refractivity contribution in [2.75, 3.05) is 18.5 Å². The lowest BCUT2D eigenvalue weighted by atomic mass is 9.63. The first-order valence-electron chi connectivity index (χ1n) is 14.6. The highest BCUT2D eigenvalue weighted by Gasteiger charge is 2.49. The van der Waals surface area contributed by atoms with E-state index < -0.39 is 5.92 Å². The number of ether oxygens (including phenoxy) is 1. The molecule has 0 atom stereocenters. The number of carbonyl (C=O) groups excluding carboxylic acids is 3. The molecule has 0 radical (unpaired) electrons. The van der Waals surface area contributed by atoms with Crippen molar-refractivity contribution in [1.29, 1.82) is 0 Å². The Bertz CT molecular complexity index is 1430. The zero-order valence-corrected chi connectivity index (χ0v) is 26.4. The minimum Gasteiger partial charge on any atom is -0.481 e. The maximum Gasteiger partial charge on any atom is 0.262 e. The topological polar surface area (TPSA) is 75.7 Å². The second-order valence-corrected chi connectivity index (χ2v) is 14.0. The summed E-state index contributed by atoms with van der Waals surface area (Å²) in [5.41, 5.74) is 4.34. The van der Waals surface area contributed by atoms with Gasteiger partial charge in [-0.2, -0.15) is 0 Å². The van der Waals surface area contributed by atoms with Gasteiger partial charge in [-0.15, -0.1) is 0 Å². The second-order valence-electron chi connectivity index (χ2n) is 13.2. The van der Waals surface area contributed by atoms with E-state index in [0.29, 0.717) is 35.2 Å². The molecule has 0 spiro atoms. The molecule has 0 saturated carbocycles. The van der Waals surface area contributed by atoms with Crippen LogP contribution in [-0.4, -0.2) is 35.5 Å². The van der Waals surface area contributed by atoms with Crippen LogP contribution in [0.25, 0.3) is 0 Å². The van der Waals surface area contributed by atoms with Crippen molar-refractivity contribution in [3.05, 3.63) is 80.6 Å². The molecule has 2 aromatic rings. The van der Waals surface area contributed by atoms with E-state index in [1.807, 2.05) is 18.2 Å². The van der Waals surface area contributed by atoms with E-state index in [1.54, 1.807) is 24.3 Å². The molecule has 2 aromatic carbocycles. The molecule has 0 unspecified atom stereocenters. The van der Waals surface area contributed by atoms with Crippen LogP contribution in [0, 0.1) is 10.8 Å². The molecule has 0 aromatic heterocycles. The Morgan fingerprint density at radius 2 is 1.43 bits per heavy atom. The van der Waals surface area contributed by atoms with Crippen LogP contribution >= 0.6 is 23.2 Å². The fraction of sp³-hybridized carbons (Fsp3) is 0.441. The highest BCUT2D eigenvalue weighted by atomic mass is 35.5. The van der Waals surface area contributed by atoms with Crippen LogP contribution < -0.4 is 10.1 Å². The van der Waals surface area contributed by atoms with Gasteiger partial charge < -0.3 is 15.0 Å². The van der Waals surface area contributed by atoms with Gasteiger partial charge in [-0.25, -0.2) is 0 Å². The van der Waals surface area contributed by atoms with Crippen LogP contribution in [0.3, 0.4) is 0 Å². The first kappa shape index (κ1) is 30.4. The van der Waals surface area contributed by atoms with Crippen LogP contribution in [0.5, 0.6) is 5.75 Å². The van der Waals surface area contributed by atoms with Crippen LogP contribution in [0.4, 0.5) is 5.69 Å². The Labute approximate surface area is 258 Å². The predicted octanol–water partition coefficient (Wildman–Crippen LogP) is 8.11. The summed E-state index contributed by atoms with van der Waals surface area (Å²) < 4.78 is 5.76. The van der Waals surface area contributed by atoms with E-state index in [0.717, 1.165) is 37.2 Å². The van der Waals surface area contributed by atoms with Crippen molar-refractivity contribution in [2.45, 2.75) is 72.6 Å². The number of amides is 1. The van der Waals surface area contributed by atoms with Gasteiger partial charge in [-0.3, -0.25) is 14.4 Å². The Morgan fingerprint density at radius 3 is 1.93 bits per heavy atom. The van der Waals surface area contributed by atoms with E-state index in [4.69, 9.17) is 27.9 Å². The van der Waals surface area contributed by atoms with E-state index in [1.165, 1.54) is 0 Å². The highest BCUT2D eigenvalue weighted by molar-refractivity contribution is 6.37. The second kappa shape index (κ2) is 11.5. The molecule has 8 heteroatoms. The fourth-order valence-corrected chi connectivity index (χ4v) is 7.23. The zero-order valence-electron chi connectivity index (χ0n) is 24.9. The number of benzene rings is 2. The van der Waals surface area contributed by atoms with Gasteiger partial charge in [0.25, 0.3) is 5.91 Å². The highest BCUT2D eigenvalue weighted by Crippen LogP contribution is 2.55. The minimum atomic E-state index is -0.555. The lowest BCUT2D eigenvalue weighted by molar-refractivity contribution is -0.120. The predicted molar refractivity (Wildman–Crippen MR) is 167 cm³/mol. The summed E-state index contributed by atoms with van der Waals surface area (Å²) in [5.74, 6) is -0.607. The number of carbonyl (C=O) groups is 3. The van der Waals surface area contributed by atoms with Crippen LogP contribution in [-0.2, 0) is 14.4 Å². The number of hydrogen-bond donors (Lipinski definition) is 1. The maximum atomic E-state index is 13.9. The number of nitrogens with one attached hydrogen (secondary N) is 1. The van der Waals surface area contributed by atoms with Gasteiger partial charge in [-0.1, -0.05) is 76.0 Å². The van der Waals surface area contributed by atoms with Gasteiger partial charge in [0.15, 0.2) is 23.9 Å². The third kappa shape index (κ3) is 6.02. The molecule has 0 saturated heterocycles. The Morgan fingerprint density at radius 1 is 0.905 bits per heavy atom. The number of rotatable bonds is 7. The van der Waals surface area contributed by atoms with Crippen molar-refractivity contribution in [1.82, 2.24) is 4.90 Å². The summed E-state index contributed by atoms with van der Waals surface area (Å²) in [5, 5.41) is 3.21. The standard InChI is InChI=1S/C34H38Cl2N2O4/c1-6-12-38-24-15-33(2,3)17-26(39)30(24)29(31-25(38)16-34(4,5)18-27(31)40)20-13-22(35)32(23(36)14-20)42-19-28(41)37-21-10-8-7-9-11-21/h7-11,13-14,29H,6,12,15-19H2,1-5H3,(H,37,41). The molecule has 1 heterocycles. The number of para-hydroxylation sites is 1. The average molecular weight is 610 g/mol. The molecule has 0 bridgehead atoms. The number of hydrogen-bond acceptors (Lipinski definition) is 5. The van der Waals surface area contributed by atoms with Crippen LogP contribution in [0.15, 0.2) is 65.0 Å². The van der Waals surface area contributed by atoms with Crippen molar-refractivity contribution < 1.29 is 19.1 Å². The lowest BCUT2D eigenvalue weighted by Gasteiger charge is -2.49. The van der Waals surface area contributed by atoms with E-state index >= 15 is 0 Å². The normalized spacial score (nSPS) is 19.9. The van der Waals surface area contributed by atoms with E-state index in [-0.39, 0.29) is 50.7 Å². The molecular weight excluding hydrogens is 571 g/mol. The average Bonchev–Trinajstić information content (AvgIpc) is 2.88. The van der Waals surface area contributed by atoms with Crippen molar-refractivity contribution in [2.24, 2.45) is 10.8 Å². The molecule has 0 fully saturated rings. The van der Waals surface area contributed by atoms with E-state index in [9.17, 15) is 14.4 Å². The largest absolute Gasteiger partial charge is 0.481 e. The first-order valence-corrected chi connectivity index (χ1v) is 15.3. The number of ketones is 2. The lowest BCUT2D eigenvalue weighted by Crippen LogP contribution is -2.44. The summed E-state index contributed by atoms with van der Waals surface area (Å²) in [6.07, 6.45) is 3.20. The smallest absolute Gasteiger partial charge is 0.262 e. The molecule has 6 nitrogen and oxygen atoms in total. The molecule has 1 N–H and O–H groups in total. The summed E-state index contributed by atoms with van der Waals surface area (Å²) in [6.45, 7) is 11.1. The van der Waals surface area contributed by atoms with Crippen molar-refractivity contribution >= 4 is 46.4 Å². The van der Waals surface area contributed by atoms with Crippen molar-refractivity contribution in [3.8, 4) is 5.75 Å². The Hall–Kier alpha value is -3.09. The van der Waals surface area contributed by atoms with Crippen LogP contribution in [0.1, 0.15) is 78.2 Å². The van der Waals surface area contributed by atoms with Gasteiger partial charge in [0, 0.05) is 53.5 Å². The summed E-state index contributed by atoms with van der Waals surface area (Å²) in [6, 6.07) is 12.5. The Balaban J connectivity index is 1.55. The van der Waals surface area contributed by atoms with Gasteiger partial charge >= 0.3 is 0 Å². The molecule has 3 aliphatic rings. The maximum absolute atomic E-state index is 13.9. The summed E-state index contributed by atoms with van der Waals surface area (Å²) in [7, 11) is 0. The molecule has 1 amide bonds. The van der Waals surface area contributed by atoms with Gasteiger partial charge in [0.2, 0.25) is 0 Å². The molecule has 1 aliphatic heterocycles.